The van der Waals surface area contributed by atoms with Crippen LogP contribution in [0, 0.1) is 13.8 Å². The number of hydrogen-bond donors (Lipinski definition) is 0. The molecule has 0 unspecified atom stereocenters. The summed E-state index contributed by atoms with van der Waals surface area (Å²) < 4.78 is 10.8. The van der Waals surface area contributed by atoms with Gasteiger partial charge >= 0.3 is 0 Å². The molecule has 5 heteroatoms. The molecule has 0 saturated heterocycles. The summed E-state index contributed by atoms with van der Waals surface area (Å²) in [4.78, 5) is 8.51. The van der Waals surface area contributed by atoms with Gasteiger partial charge in [-0.05, 0) is 31.0 Å². The molecule has 2 aromatic heterocycles. The van der Waals surface area contributed by atoms with Gasteiger partial charge in [0.1, 0.15) is 0 Å². The van der Waals surface area contributed by atoms with E-state index in [1.807, 2.05) is 50.2 Å². The summed E-state index contributed by atoms with van der Waals surface area (Å²) in [5.41, 5.74) is 3.11. The fraction of sp³-hybridized carbons (Fsp3) is 0.188. The van der Waals surface area contributed by atoms with Gasteiger partial charge in [0.25, 0.3) is 5.89 Å². The second-order valence-electron chi connectivity index (χ2n) is 4.79. The van der Waals surface area contributed by atoms with E-state index in [1.54, 1.807) is 6.20 Å². The van der Waals surface area contributed by atoms with Gasteiger partial charge in [-0.15, -0.1) is 0 Å². The van der Waals surface area contributed by atoms with Crippen LogP contribution in [-0.4, -0.2) is 15.1 Å². The molecule has 0 aliphatic heterocycles. The van der Waals surface area contributed by atoms with Crippen LogP contribution in [0.3, 0.4) is 0 Å². The molecular weight excluding hydrogens is 266 g/mol. The van der Waals surface area contributed by atoms with Gasteiger partial charge < -0.3 is 9.26 Å². The fourth-order valence-electron chi connectivity index (χ4n) is 1.91. The van der Waals surface area contributed by atoms with Crippen LogP contribution in [0.15, 0.2) is 47.1 Å². The summed E-state index contributed by atoms with van der Waals surface area (Å²) in [6.07, 6.45) is 1.75. The maximum absolute atomic E-state index is 5.53. The number of aryl methyl sites for hydroxylation is 2. The smallest absolute Gasteiger partial charge is 0.258 e. The normalized spacial score (nSPS) is 10.6. The molecule has 0 amide bonds. The number of pyridine rings is 1. The minimum Gasteiger partial charge on any atom is -0.469 e. The van der Waals surface area contributed by atoms with Crippen molar-refractivity contribution in [3.8, 4) is 17.3 Å². The zero-order valence-electron chi connectivity index (χ0n) is 11.9. The van der Waals surface area contributed by atoms with Crippen LogP contribution in [0.4, 0.5) is 0 Å². The summed E-state index contributed by atoms with van der Waals surface area (Å²) in [7, 11) is 0. The fourth-order valence-corrected chi connectivity index (χ4v) is 1.91. The lowest BCUT2D eigenvalue weighted by Gasteiger charge is -2.01. The summed E-state index contributed by atoms with van der Waals surface area (Å²) in [6, 6.07) is 11.6. The highest BCUT2D eigenvalue weighted by Gasteiger charge is 2.11. The van der Waals surface area contributed by atoms with Crippen molar-refractivity contribution in [1.82, 2.24) is 15.1 Å². The molecule has 106 valence electrons. The van der Waals surface area contributed by atoms with Crippen LogP contribution in [0.1, 0.15) is 17.0 Å². The van der Waals surface area contributed by atoms with Gasteiger partial charge in [0.2, 0.25) is 11.7 Å². The van der Waals surface area contributed by atoms with Gasteiger partial charge in [0, 0.05) is 17.8 Å². The van der Waals surface area contributed by atoms with Crippen LogP contribution < -0.4 is 4.74 Å². The van der Waals surface area contributed by atoms with E-state index >= 15 is 0 Å². The van der Waals surface area contributed by atoms with E-state index in [0.717, 1.165) is 16.7 Å². The first-order valence-electron chi connectivity index (χ1n) is 6.66. The van der Waals surface area contributed by atoms with Crippen molar-refractivity contribution in [3.63, 3.8) is 0 Å². The van der Waals surface area contributed by atoms with E-state index in [2.05, 4.69) is 15.1 Å². The van der Waals surface area contributed by atoms with Gasteiger partial charge in [-0.1, -0.05) is 29.4 Å². The topological polar surface area (TPSA) is 61.0 Å². The van der Waals surface area contributed by atoms with Gasteiger partial charge in [0.05, 0.1) is 0 Å². The molecule has 0 N–H and O–H groups in total. The first-order chi connectivity index (χ1) is 10.2. The van der Waals surface area contributed by atoms with E-state index in [0.29, 0.717) is 17.6 Å². The number of hydrogen-bond acceptors (Lipinski definition) is 5. The molecule has 21 heavy (non-hydrogen) atoms. The van der Waals surface area contributed by atoms with Crippen molar-refractivity contribution in [2.24, 2.45) is 0 Å². The van der Waals surface area contributed by atoms with Crippen molar-refractivity contribution in [3.05, 3.63) is 59.5 Å². The third-order valence-corrected chi connectivity index (χ3v) is 3.08. The second kappa shape index (κ2) is 5.75. The predicted molar refractivity (Wildman–Crippen MR) is 77.8 cm³/mol. The number of rotatable bonds is 4. The molecule has 0 saturated carbocycles. The summed E-state index contributed by atoms with van der Waals surface area (Å²) in [5.74, 6) is 1.54. The molecule has 0 spiro atoms. The van der Waals surface area contributed by atoms with Crippen LogP contribution in [0.25, 0.3) is 11.5 Å². The van der Waals surface area contributed by atoms with Crippen molar-refractivity contribution >= 4 is 0 Å². The lowest BCUT2D eigenvalue weighted by atomic mass is 10.1. The second-order valence-corrected chi connectivity index (χ2v) is 4.79. The Hall–Kier alpha value is -2.69. The van der Waals surface area contributed by atoms with Crippen molar-refractivity contribution in [1.29, 1.82) is 0 Å². The monoisotopic (exact) mass is 281 g/mol. The number of aromatic nitrogens is 3. The molecule has 1 aromatic carbocycles. The third kappa shape index (κ3) is 3.08. The van der Waals surface area contributed by atoms with Crippen LogP contribution in [-0.2, 0) is 6.61 Å². The molecule has 0 atom stereocenters. The maximum Gasteiger partial charge on any atom is 0.258 e. The third-order valence-electron chi connectivity index (χ3n) is 3.08. The molecule has 5 nitrogen and oxygen atoms in total. The largest absolute Gasteiger partial charge is 0.469 e. The predicted octanol–water partition coefficient (Wildman–Crippen LogP) is 3.33. The molecule has 0 aliphatic carbocycles. The highest BCUT2D eigenvalue weighted by atomic mass is 16.5. The Kier molecular flexibility index (Phi) is 3.64. The lowest BCUT2D eigenvalue weighted by molar-refractivity contribution is 0.276. The first kappa shape index (κ1) is 13.3. The molecule has 3 rings (SSSR count). The molecular formula is C16H15N3O2. The number of nitrogens with zero attached hydrogens (tertiary/aromatic N) is 3. The van der Waals surface area contributed by atoms with Crippen LogP contribution >= 0.6 is 0 Å². The van der Waals surface area contributed by atoms with E-state index in [1.165, 1.54) is 0 Å². The molecule has 0 radical (unpaired) electrons. The van der Waals surface area contributed by atoms with Gasteiger partial charge in [-0.2, -0.15) is 4.98 Å². The molecule has 0 fully saturated rings. The average Bonchev–Trinajstić information content (AvgIpc) is 2.96. The van der Waals surface area contributed by atoms with Crippen molar-refractivity contribution in [2.45, 2.75) is 20.5 Å². The van der Waals surface area contributed by atoms with Gasteiger partial charge in [-0.3, -0.25) is 0 Å². The SMILES string of the molecule is Cc1ccc(OCc2noc(-c3ccccc3C)n2)nc1. The van der Waals surface area contributed by atoms with Crippen LogP contribution in [0.5, 0.6) is 5.88 Å². The standard InChI is InChI=1S/C16H15N3O2/c1-11-7-8-15(17-9-11)20-10-14-18-16(21-19-14)13-6-4-3-5-12(13)2/h3-9H,10H2,1-2H3. The molecule has 0 aliphatic rings. The van der Waals surface area contributed by atoms with Crippen LogP contribution in [0.2, 0.25) is 0 Å². The molecule has 2 heterocycles. The Morgan fingerprint density at radius 2 is 1.95 bits per heavy atom. The number of benzene rings is 1. The minimum absolute atomic E-state index is 0.228. The Balaban J connectivity index is 1.71. The zero-order chi connectivity index (χ0) is 14.7. The Labute approximate surface area is 122 Å². The zero-order valence-corrected chi connectivity index (χ0v) is 11.9. The van der Waals surface area contributed by atoms with Crippen molar-refractivity contribution in [2.75, 3.05) is 0 Å². The van der Waals surface area contributed by atoms with Gasteiger partial charge in [-0.25, -0.2) is 4.98 Å². The Bertz CT molecular complexity index is 735. The summed E-state index contributed by atoms with van der Waals surface area (Å²) in [5, 5.41) is 3.93. The summed E-state index contributed by atoms with van der Waals surface area (Å²) in [6.45, 7) is 4.21. The Morgan fingerprint density at radius 3 is 2.71 bits per heavy atom. The Morgan fingerprint density at radius 1 is 1.10 bits per heavy atom. The van der Waals surface area contributed by atoms with Crippen molar-refractivity contribution < 1.29 is 9.26 Å². The van der Waals surface area contributed by atoms with E-state index in [-0.39, 0.29) is 6.61 Å². The first-order valence-corrected chi connectivity index (χ1v) is 6.66. The average molecular weight is 281 g/mol. The number of ether oxygens (including phenoxy) is 1. The molecule has 0 bridgehead atoms. The quantitative estimate of drug-likeness (QED) is 0.734. The highest BCUT2D eigenvalue weighted by molar-refractivity contribution is 5.57. The van der Waals surface area contributed by atoms with E-state index in [4.69, 9.17) is 9.26 Å². The van der Waals surface area contributed by atoms with Gasteiger partial charge in [0.15, 0.2) is 6.61 Å². The lowest BCUT2D eigenvalue weighted by Crippen LogP contribution is -1.99. The minimum atomic E-state index is 0.228. The van der Waals surface area contributed by atoms with E-state index in [9.17, 15) is 0 Å². The summed E-state index contributed by atoms with van der Waals surface area (Å²) >= 11 is 0. The molecule has 3 aromatic rings. The highest BCUT2D eigenvalue weighted by Crippen LogP contribution is 2.21. The maximum atomic E-state index is 5.53. The van der Waals surface area contributed by atoms with E-state index < -0.39 is 0 Å².